The number of fused-ring (bicyclic) bond motifs is 1. The Morgan fingerprint density at radius 2 is 2.29 bits per heavy atom. The van der Waals surface area contributed by atoms with Crippen molar-refractivity contribution in [2.24, 2.45) is 5.92 Å². The lowest BCUT2D eigenvalue weighted by Crippen LogP contribution is -2.30. The van der Waals surface area contributed by atoms with Crippen LogP contribution in [-0.2, 0) is 11.2 Å². The molecule has 1 aromatic carbocycles. The molecular formula is C17H25N3O. The lowest BCUT2D eigenvalue weighted by Gasteiger charge is -2.19. The van der Waals surface area contributed by atoms with Crippen LogP contribution in [0.4, 0.5) is 5.69 Å². The van der Waals surface area contributed by atoms with Crippen molar-refractivity contribution in [1.29, 1.82) is 0 Å². The zero-order valence-electron chi connectivity index (χ0n) is 12.6. The van der Waals surface area contributed by atoms with Gasteiger partial charge in [0.15, 0.2) is 0 Å². The van der Waals surface area contributed by atoms with E-state index in [2.05, 4.69) is 39.8 Å². The summed E-state index contributed by atoms with van der Waals surface area (Å²) in [6.07, 6.45) is 3.98. The van der Waals surface area contributed by atoms with Crippen LogP contribution in [-0.4, -0.2) is 38.6 Å². The number of nitrogens with zero attached hydrogens (tertiary/aromatic N) is 1. The molecule has 0 bridgehead atoms. The van der Waals surface area contributed by atoms with E-state index >= 15 is 0 Å². The number of hydrogen-bond donors (Lipinski definition) is 2. The molecule has 3 rings (SSSR count). The van der Waals surface area contributed by atoms with Crippen molar-refractivity contribution in [2.75, 3.05) is 37.6 Å². The second-order valence-corrected chi connectivity index (χ2v) is 6.13. The number of carbonyl (C=O) groups is 1. The first kappa shape index (κ1) is 14.4. The van der Waals surface area contributed by atoms with Crippen LogP contribution < -0.4 is 15.5 Å². The van der Waals surface area contributed by atoms with Gasteiger partial charge in [0.05, 0.1) is 0 Å². The average Bonchev–Trinajstić information content (AvgIpc) is 3.13. The Morgan fingerprint density at radius 3 is 3.14 bits per heavy atom. The molecule has 1 saturated heterocycles. The van der Waals surface area contributed by atoms with Crippen LogP contribution in [0, 0.1) is 5.92 Å². The molecule has 114 valence electrons. The number of benzene rings is 1. The first-order valence-corrected chi connectivity index (χ1v) is 8.13. The Balaban J connectivity index is 1.34. The van der Waals surface area contributed by atoms with Crippen molar-refractivity contribution < 1.29 is 4.79 Å². The molecule has 4 nitrogen and oxygen atoms in total. The summed E-state index contributed by atoms with van der Waals surface area (Å²) >= 11 is 0. The fourth-order valence-electron chi connectivity index (χ4n) is 3.36. The highest BCUT2D eigenvalue weighted by molar-refractivity contribution is 5.76. The number of hydrogen-bond acceptors (Lipinski definition) is 3. The van der Waals surface area contributed by atoms with E-state index in [1.807, 2.05) is 0 Å². The predicted octanol–water partition coefficient (Wildman–Crippen LogP) is 1.56. The molecule has 0 aromatic heterocycles. The van der Waals surface area contributed by atoms with Gasteiger partial charge in [0.1, 0.15) is 0 Å². The molecule has 1 aromatic rings. The highest BCUT2D eigenvalue weighted by Crippen LogP contribution is 2.27. The fourth-order valence-corrected chi connectivity index (χ4v) is 3.36. The van der Waals surface area contributed by atoms with E-state index in [4.69, 9.17) is 0 Å². The third-order valence-corrected chi connectivity index (χ3v) is 4.55. The van der Waals surface area contributed by atoms with Crippen molar-refractivity contribution in [3.8, 4) is 0 Å². The summed E-state index contributed by atoms with van der Waals surface area (Å²) in [5.74, 6) is 0.751. The van der Waals surface area contributed by atoms with Gasteiger partial charge in [0, 0.05) is 31.7 Å². The lowest BCUT2D eigenvalue weighted by atomic mass is 10.0. The van der Waals surface area contributed by atoms with Crippen LogP contribution in [0.15, 0.2) is 24.3 Å². The van der Waals surface area contributed by atoms with E-state index in [0.29, 0.717) is 12.3 Å². The summed E-state index contributed by atoms with van der Waals surface area (Å²) in [4.78, 5) is 14.3. The molecule has 1 amide bonds. The van der Waals surface area contributed by atoms with Crippen LogP contribution >= 0.6 is 0 Å². The van der Waals surface area contributed by atoms with Gasteiger partial charge < -0.3 is 15.5 Å². The predicted molar refractivity (Wildman–Crippen MR) is 85.6 cm³/mol. The van der Waals surface area contributed by atoms with E-state index < -0.39 is 0 Å². The van der Waals surface area contributed by atoms with Gasteiger partial charge >= 0.3 is 0 Å². The van der Waals surface area contributed by atoms with Crippen molar-refractivity contribution in [3.05, 3.63) is 29.8 Å². The van der Waals surface area contributed by atoms with Crippen LogP contribution in [0.5, 0.6) is 0 Å². The van der Waals surface area contributed by atoms with Crippen LogP contribution in [0.25, 0.3) is 0 Å². The van der Waals surface area contributed by atoms with Crippen molar-refractivity contribution in [3.63, 3.8) is 0 Å². The summed E-state index contributed by atoms with van der Waals surface area (Å²) in [6, 6.07) is 8.63. The van der Waals surface area contributed by atoms with Gasteiger partial charge in [-0.1, -0.05) is 18.2 Å². The molecule has 0 aliphatic carbocycles. The minimum atomic E-state index is 0.213. The quantitative estimate of drug-likeness (QED) is 0.780. The smallest absolute Gasteiger partial charge is 0.220 e. The number of nitrogens with one attached hydrogen (secondary N) is 2. The zero-order valence-corrected chi connectivity index (χ0v) is 12.6. The molecule has 2 N–H and O–H groups in total. The normalized spacial score (nSPS) is 20.6. The molecule has 2 aliphatic heterocycles. The summed E-state index contributed by atoms with van der Waals surface area (Å²) in [6.45, 7) is 4.99. The third-order valence-electron chi connectivity index (χ3n) is 4.55. The third kappa shape index (κ3) is 3.76. The zero-order chi connectivity index (χ0) is 14.5. The molecule has 2 heterocycles. The molecule has 0 saturated carbocycles. The molecular weight excluding hydrogens is 262 g/mol. The van der Waals surface area contributed by atoms with E-state index in [-0.39, 0.29) is 5.91 Å². The Bertz CT molecular complexity index is 483. The van der Waals surface area contributed by atoms with Gasteiger partial charge in [-0.05, 0) is 49.9 Å². The van der Waals surface area contributed by atoms with Crippen molar-refractivity contribution >= 4 is 11.6 Å². The number of rotatable bonds is 6. The van der Waals surface area contributed by atoms with Crippen molar-refractivity contribution in [1.82, 2.24) is 10.6 Å². The second-order valence-electron chi connectivity index (χ2n) is 6.13. The van der Waals surface area contributed by atoms with Crippen molar-refractivity contribution in [2.45, 2.75) is 25.7 Å². The van der Waals surface area contributed by atoms with Crippen LogP contribution in [0.2, 0.25) is 0 Å². The maximum atomic E-state index is 11.8. The average molecular weight is 287 g/mol. The topological polar surface area (TPSA) is 44.4 Å². The monoisotopic (exact) mass is 287 g/mol. The van der Waals surface area contributed by atoms with Crippen LogP contribution in [0.3, 0.4) is 0 Å². The molecule has 1 fully saturated rings. The molecule has 1 atom stereocenters. The minimum absolute atomic E-state index is 0.213. The van der Waals surface area contributed by atoms with E-state index in [0.717, 1.165) is 52.0 Å². The van der Waals surface area contributed by atoms with E-state index in [1.165, 1.54) is 11.3 Å². The highest BCUT2D eigenvalue weighted by Gasteiger charge is 2.19. The summed E-state index contributed by atoms with van der Waals surface area (Å²) in [5, 5.41) is 6.37. The Morgan fingerprint density at radius 1 is 1.38 bits per heavy atom. The lowest BCUT2D eigenvalue weighted by molar-refractivity contribution is -0.121. The summed E-state index contributed by atoms with van der Waals surface area (Å²) in [7, 11) is 0. The second kappa shape index (κ2) is 6.94. The molecule has 2 aliphatic rings. The van der Waals surface area contributed by atoms with Gasteiger partial charge in [-0.15, -0.1) is 0 Å². The first-order chi connectivity index (χ1) is 10.3. The minimum Gasteiger partial charge on any atom is -0.371 e. The molecule has 21 heavy (non-hydrogen) atoms. The Hall–Kier alpha value is -1.55. The van der Waals surface area contributed by atoms with Crippen LogP contribution in [0.1, 0.15) is 24.8 Å². The molecule has 0 spiro atoms. The van der Waals surface area contributed by atoms with E-state index in [1.54, 1.807) is 0 Å². The largest absolute Gasteiger partial charge is 0.371 e. The van der Waals surface area contributed by atoms with Gasteiger partial charge in [-0.2, -0.15) is 0 Å². The Labute approximate surface area is 126 Å². The van der Waals surface area contributed by atoms with Gasteiger partial charge in [-0.3, -0.25) is 4.79 Å². The fraction of sp³-hybridized carbons (Fsp3) is 0.588. The van der Waals surface area contributed by atoms with Gasteiger partial charge in [0.25, 0.3) is 0 Å². The number of carbonyl (C=O) groups excluding carboxylic acids is 1. The standard InChI is InChI=1S/C17H25N3O/c21-17(12-14-6-9-18-13-14)19-8-3-10-20-11-7-15-4-1-2-5-16(15)20/h1-2,4-5,14,18H,3,6-13H2,(H,19,21). The maximum Gasteiger partial charge on any atom is 0.220 e. The number of anilines is 1. The molecule has 0 radical (unpaired) electrons. The van der Waals surface area contributed by atoms with E-state index in [9.17, 15) is 4.79 Å². The number of para-hydroxylation sites is 1. The SMILES string of the molecule is O=C(CC1CCNC1)NCCCN1CCc2ccccc21. The van der Waals surface area contributed by atoms with Gasteiger partial charge in [0.2, 0.25) is 5.91 Å². The maximum absolute atomic E-state index is 11.8. The molecule has 4 heteroatoms. The van der Waals surface area contributed by atoms with Gasteiger partial charge in [-0.25, -0.2) is 0 Å². The number of amides is 1. The molecule has 1 unspecified atom stereocenters. The first-order valence-electron chi connectivity index (χ1n) is 8.13. The highest BCUT2D eigenvalue weighted by atomic mass is 16.1. The Kier molecular flexibility index (Phi) is 4.76. The summed E-state index contributed by atoms with van der Waals surface area (Å²) < 4.78 is 0. The summed E-state index contributed by atoms with van der Waals surface area (Å²) in [5.41, 5.74) is 2.83.